The van der Waals surface area contributed by atoms with E-state index in [1.807, 2.05) is 0 Å². The summed E-state index contributed by atoms with van der Waals surface area (Å²) in [5, 5.41) is 0. The van der Waals surface area contributed by atoms with E-state index in [1.54, 1.807) is 0 Å². The molecule has 86 valence electrons. The molecule has 1 atom stereocenters. The van der Waals surface area contributed by atoms with Crippen LogP contribution in [-0.4, -0.2) is 43.6 Å². The molecule has 0 aliphatic carbocycles. The second kappa shape index (κ2) is 6.65. The Morgan fingerprint density at radius 2 is 1.86 bits per heavy atom. The first-order valence-corrected chi connectivity index (χ1v) is 5.77. The quantitative estimate of drug-likeness (QED) is 0.505. The third-order valence-electron chi connectivity index (χ3n) is 2.72. The number of halogens is 1. The Labute approximate surface area is 93.6 Å². The SMILES string of the molecule is CC(N(C)CCOCCCl)C(C)(C)C. The third kappa shape index (κ3) is 5.84. The molecule has 14 heavy (non-hydrogen) atoms. The molecule has 0 saturated carbocycles. The van der Waals surface area contributed by atoms with E-state index < -0.39 is 0 Å². The molecule has 0 aliphatic heterocycles. The van der Waals surface area contributed by atoms with Gasteiger partial charge in [0.1, 0.15) is 0 Å². The zero-order valence-electron chi connectivity index (χ0n) is 10.1. The molecule has 0 saturated heterocycles. The summed E-state index contributed by atoms with van der Waals surface area (Å²) in [6, 6.07) is 0.558. The highest BCUT2D eigenvalue weighted by atomic mass is 35.5. The highest BCUT2D eigenvalue weighted by molar-refractivity contribution is 6.17. The second-order valence-electron chi connectivity index (χ2n) is 4.82. The van der Waals surface area contributed by atoms with Crippen LogP contribution in [0.15, 0.2) is 0 Å². The molecule has 0 aromatic heterocycles. The number of hydrogen-bond donors (Lipinski definition) is 0. The van der Waals surface area contributed by atoms with Gasteiger partial charge in [0.15, 0.2) is 0 Å². The van der Waals surface area contributed by atoms with Gasteiger partial charge in [-0.15, -0.1) is 11.6 Å². The molecule has 0 aromatic carbocycles. The van der Waals surface area contributed by atoms with E-state index >= 15 is 0 Å². The maximum Gasteiger partial charge on any atom is 0.0602 e. The summed E-state index contributed by atoms with van der Waals surface area (Å²) in [6.07, 6.45) is 0. The largest absolute Gasteiger partial charge is 0.379 e. The fraction of sp³-hybridized carbons (Fsp3) is 1.00. The van der Waals surface area contributed by atoms with Crippen molar-refractivity contribution in [3.05, 3.63) is 0 Å². The van der Waals surface area contributed by atoms with E-state index in [2.05, 4.69) is 39.6 Å². The molecular formula is C11H24ClNO. The van der Waals surface area contributed by atoms with Crippen LogP contribution in [0.1, 0.15) is 27.7 Å². The van der Waals surface area contributed by atoms with Crippen molar-refractivity contribution in [1.82, 2.24) is 4.90 Å². The van der Waals surface area contributed by atoms with Gasteiger partial charge in [-0.25, -0.2) is 0 Å². The molecule has 2 nitrogen and oxygen atoms in total. The van der Waals surface area contributed by atoms with E-state index in [0.717, 1.165) is 13.2 Å². The molecule has 0 amide bonds. The lowest BCUT2D eigenvalue weighted by atomic mass is 9.87. The molecule has 0 bridgehead atoms. The first-order valence-electron chi connectivity index (χ1n) is 5.23. The standard InChI is InChI=1S/C11H24ClNO/c1-10(11(2,3)4)13(5)7-9-14-8-6-12/h10H,6-9H2,1-5H3. The fourth-order valence-corrected chi connectivity index (χ4v) is 1.33. The highest BCUT2D eigenvalue weighted by Crippen LogP contribution is 2.22. The molecule has 0 fully saturated rings. The van der Waals surface area contributed by atoms with E-state index in [4.69, 9.17) is 16.3 Å². The monoisotopic (exact) mass is 221 g/mol. The van der Waals surface area contributed by atoms with Crippen molar-refractivity contribution in [3.63, 3.8) is 0 Å². The molecule has 3 heteroatoms. The Morgan fingerprint density at radius 1 is 1.29 bits per heavy atom. The van der Waals surface area contributed by atoms with Crippen molar-refractivity contribution >= 4 is 11.6 Å². The number of nitrogens with zero attached hydrogens (tertiary/aromatic N) is 1. The summed E-state index contributed by atoms with van der Waals surface area (Å²) in [4.78, 5) is 2.33. The van der Waals surface area contributed by atoms with Crippen LogP contribution in [0.4, 0.5) is 0 Å². The number of likely N-dealkylation sites (N-methyl/N-ethyl adjacent to an activating group) is 1. The van der Waals surface area contributed by atoms with Crippen LogP contribution in [0.5, 0.6) is 0 Å². The zero-order valence-corrected chi connectivity index (χ0v) is 10.9. The third-order valence-corrected chi connectivity index (χ3v) is 2.88. The van der Waals surface area contributed by atoms with Gasteiger partial charge in [0.2, 0.25) is 0 Å². The summed E-state index contributed by atoms with van der Waals surface area (Å²) in [5.74, 6) is 0.582. The number of hydrogen-bond acceptors (Lipinski definition) is 2. The molecule has 0 aliphatic rings. The minimum atomic E-state index is 0.321. The lowest BCUT2D eigenvalue weighted by Crippen LogP contribution is -2.40. The molecular weight excluding hydrogens is 198 g/mol. The van der Waals surface area contributed by atoms with Gasteiger partial charge in [-0.3, -0.25) is 0 Å². The van der Waals surface area contributed by atoms with Gasteiger partial charge in [-0.2, -0.15) is 0 Å². The van der Waals surface area contributed by atoms with Crippen molar-refractivity contribution in [2.45, 2.75) is 33.7 Å². The lowest BCUT2D eigenvalue weighted by molar-refractivity contribution is 0.0812. The van der Waals surface area contributed by atoms with Gasteiger partial charge in [0.05, 0.1) is 13.2 Å². The van der Waals surface area contributed by atoms with E-state index in [-0.39, 0.29) is 0 Å². The molecule has 0 heterocycles. The topological polar surface area (TPSA) is 12.5 Å². The molecule has 0 spiro atoms. The van der Waals surface area contributed by atoms with Crippen molar-refractivity contribution in [2.24, 2.45) is 5.41 Å². The fourth-order valence-electron chi connectivity index (χ4n) is 1.22. The van der Waals surface area contributed by atoms with Crippen LogP contribution in [0.25, 0.3) is 0 Å². The van der Waals surface area contributed by atoms with Gasteiger partial charge in [-0.1, -0.05) is 20.8 Å². The van der Waals surface area contributed by atoms with E-state index in [9.17, 15) is 0 Å². The van der Waals surface area contributed by atoms with Crippen molar-refractivity contribution in [2.75, 3.05) is 32.7 Å². The Balaban J connectivity index is 3.68. The first kappa shape index (κ1) is 14.2. The van der Waals surface area contributed by atoms with Crippen LogP contribution in [0.2, 0.25) is 0 Å². The summed E-state index contributed by atoms with van der Waals surface area (Å²) < 4.78 is 5.34. The molecule has 0 rings (SSSR count). The van der Waals surface area contributed by atoms with Crippen LogP contribution in [0.3, 0.4) is 0 Å². The molecule has 0 radical (unpaired) electrons. The minimum Gasteiger partial charge on any atom is -0.379 e. The minimum absolute atomic E-state index is 0.321. The Kier molecular flexibility index (Phi) is 6.75. The molecule has 0 aromatic rings. The predicted octanol–water partition coefficient (Wildman–Crippen LogP) is 2.61. The van der Waals surface area contributed by atoms with Gasteiger partial charge < -0.3 is 9.64 Å². The predicted molar refractivity (Wildman–Crippen MR) is 63.1 cm³/mol. The van der Waals surface area contributed by atoms with Crippen molar-refractivity contribution in [1.29, 1.82) is 0 Å². The number of alkyl halides is 1. The van der Waals surface area contributed by atoms with E-state index in [1.165, 1.54) is 0 Å². The Bertz CT molecular complexity index is 145. The van der Waals surface area contributed by atoms with Crippen LogP contribution >= 0.6 is 11.6 Å². The zero-order chi connectivity index (χ0) is 11.2. The van der Waals surface area contributed by atoms with Crippen LogP contribution < -0.4 is 0 Å². The number of ether oxygens (including phenoxy) is 1. The summed E-state index contributed by atoms with van der Waals surface area (Å²) >= 11 is 5.51. The van der Waals surface area contributed by atoms with Crippen molar-refractivity contribution in [3.8, 4) is 0 Å². The highest BCUT2D eigenvalue weighted by Gasteiger charge is 2.23. The average molecular weight is 222 g/mol. The Hall–Kier alpha value is 0.210. The smallest absolute Gasteiger partial charge is 0.0602 e. The average Bonchev–Trinajstić information content (AvgIpc) is 2.09. The molecule has 0 N–H and O–H groups in total. The summed E-state index contributed by atoms with van der Waals surface area (Å²) in [6.45, 7) is 11.4. The van der Waals surface area contributed by atoms with Gasteiger partial charge in [0, 0.05) is 18.5 Å². The van der Waals surface area contributed by atoms with Gasteiger partial charge in [0.25, 0.3) is 0 Å². The second-order valence-corrected chi connectivity index (χ2v) is 5.20. The number of rotatable bonds is 6. The maximum absolute atomic E-state index is 5.51. The summed E-state index contributed by atoms with van der Waals surface area (Å²) in [5.41, 5.74) is 0.321. The van der Waals surface area contributed by atoms with Gasteiger partial charge in [-0.05, 0) is 19.4 Å². The summed E-state index contributed by atoms with van der Waals surface area (Å²) in [7, 11) is 2.14. The molecule has 1 unspecified atom stereocenters. The van der Waals surface area contributed by atoms with Gasteiger partial charge >= 0.3 is 0 Å². The Morgan fingerprint density at radius 3 is 2.29 bits per heavy atom. The normalized spacial score (nSPS) is 14.8. The van der Waals surface area contributed by atoms with Crippen LogP contribution in [0, 0.1) is 5.41 Å². The first-order chi connectivity index (χ1) is 6.39. The van der Waals surface area contributed by atoms with E-state index in [0.29, 0.717) is 23.9 Å². The lowest BCUT2D eigenvalue weighted by Gasteiger charge is -2.35. The maximum atomic E-state index is 5.51. The van der Waals surface area contributed by atoms with Crippen LogP contribution in [-0.2, 0) is 4.74 Å². The van der Waals surface area contributed by atoms with Crippen molar-refractivity contribution < 1.29 is 4.74 Å².